The number of anilines is 2. The Morgan fingerprint density at radius 3 is 2.53 bits per heavy atom. The molecule has 0 spiro atoms. The van der Waals surface area contributed by atoms with Crippen molar-refractivity contribution in [2.24, 2.45) is 0 Å². The number of benzene rings is 1. The van der Waals surface area contributed by atoms with Gasteiger partial charge in [-0.1, -0.05) is 17.7 Å². The molecule has 1 aliphatic heterocycles. The van der Waals surface area contributed by atoms with Crippen LogP contribution < -0.4 is 14.8 Å². The first-order chi connectivity index (χ1) is 25.7. The largest absolute Gasteiger partial charge is 0.487 e. The van der Waals surface area contributed by atoms with E-state index in [9.17, 15) is 4.79 Å². The maximum absolute atomic E-state index is 11.6. The van der Waals surface area contributed by atoms with E-state index in [4.69, 9.17) is 40.4 Å². The molecule has 2 aliphatic rings. The lowest BCUT2D eigenvalue weighted by molar-refractivity contribution is -0.148. The van der Waals surface area contributed by atoms with Gasteiger partial charge in [-0.2, -0.15) is 0 Å². The third-order valence-electron chi connectivity index (χ3n) is 9.23. The number of hydrogen-bond acceptors (Lipinski definition) is 14. The molecule has 1 aromatic carbocycles. The lowest BCUT2D eigenvalue weighted by Gasteiger charge is -2.42. The van der Waals surface area contributed by atoms with Gasteiger partial charge in [0.15, 0.2) is 0 Å². The molecule has 4 aromatic rings. The summed E-state index contributed by atoms with van der Waals surface area (Å²) >= 11 is 6.47. The molecule has 16 nitrogen and oxygen atoms in total. The van der Waals surface area contributed by atoms with E-state index < -0.39 is 0 Å². The molecule has 0 unspecified atom stereocenters. The summed E-state index contributed by atoms with van der Waals surface area (Å²) in [5, 5.41) is 19.9. The summed E-state index contributed by atoms with van der Waals surface area (Å²) in [6.07, 6.45) is 12.1. The molecule has 0 amide bonds. The van der Waals surface area contributed by atoms with Crippen LogP contribution in [0.3, 0.4) is 0 Å². The fraction of sp³-hybridized carbons (Fsp3) is 0.583. The second kappa shape index (κ2) is 18.6. The van der Waals surface area contributed by atoms with Gasteiger partial charge in [0.05, 0.1) is 55.8 Å². The highest BCUT2D eigenvalue weighted by molar-refractivity contribution is 6.32. The van der Waals surface area contributed by atoms with Crippen LogP contribution in [0.4, 0.5) is 11.6 Å². The van der Waals surface area contributed by atoms with Gasteiger partial charge in [-0.15, -0.1) is 10.2 Å². The Morgan fingerprint density at radius 1 is 1.06 bits per heavy atom. The number of tetrazole rings is 1. The van der Waals surface area contributed by atoms with Crippen molar-refractivity contribution in [2.75, 3.05) is 44.8 Å². The topological polar surface area (TPSA) is 166 Å². The van der Waals surface area contributed by atoms with E-state index in [2.05, 4.69) is 49.6 Å². The second-order valence-corrected chi connectivity index (χ2v) is 14.0. The molecule has 1 aliphatic carbocycles. The average Bonchev–Trinajstić information content (AvgIpc) is 3.81. The minimum atomic E-state index is -0.381. The van der Waals surface area contributed by atoms with E-state index in [1.54, 1.807) is 30.1 Å². The number of carbonyl (C=O) groups excluding carboxylic acids is 1. The first-order valence-electron chi connectivity index (χ1n) is 18.3. The third kappa shape index (κ3) is 10.8. The number of hydrogen-bond donors (Lipinski definition) is 1. The van der Waals surface area contributed by atoms with Crippen molar-refractivity contribution in [3.05, 3.63) is 48.1 Å². The number of carbonyl (C=O) groups is 1. The van der Waals surface area contributed by atoms with E-state index in [0.717, 1.165) is 49.9 Å². The van der Waals surface area contributed by atoms with Crippen LogP contribution >= 0.6 is 11.6 Å². The molecule has 1 N–H and O–H groups in total. The van der Waals surface area contributed by atoms with E-state index in [-0.39, 0.29) is 36.9 Å². The molecule has 0 radical (unpaired) electrons. The number of esters is 1. The number of nitrogens with zero attached hydrogens (tertiary/aromatic N) is 9. The van der Waals surface area contributed by atoms with Gasteiger partial charge >= 0.3 is 5.97 Å². The predicted molar refractivity (Wildman–Crippen MR) is 196 cm³/mol. The molecule has 286 valence electrons. The lowest BCUT2D eigenvalue weighted by Crippen LogP contribution is -2.51. The Morgan fingerprint density at radius 2 is 1.81 bits per heavy atom. The first kappa shape index (κ1) is 38.3. The van der Waals surface area contributed by atoms with Crippen molar-refractivity contribution in [3.8, 4) is 22.8 Å². The zero-order valence-corrected chi connectivity index (χ0v) is 31.5. The maximum atomic E-state index is 11.6. The molecule has 53 heavy (non-hydrogen) atoms. The van der Waals surface area contributed by atoms with Gasteiger partial charge < -0.3 is 29.0 Å². The normalized spacial score (nSPS) is 21.2. The van der Waals surface area contributed by atoms with E-state index in [1.165, 1.54) is 6.33 Å². The molecule has 0 bridgehead atoms. The van der Waals surface area contributed by atoms with Crippen LogP contribution in [0.5, 0.6) is 11.6 Å². The summed E-state index contributed by atoms with van der Waals surface area (Å²) in [6, 6.07) is 6.35. The summed E-state index contributed by atoms with van der Waals surface area (Å²) in [5.74, 6) is 1.01. The quantitative estimate of drug-likeness (QED) is 0.111. The van der Waals surface area contributed by atoms with E-state index in [1.807, 2.05) is 29.9 Å². The molecule has 1 saturated carbocycles. The predicted octanol–water partition coefficient (Wildman–Crippen LogP) is 5.13. The van der Waals surface area contributed by atoms with Crippen molar-refractivity contribution < 1.29 is 28.5 Å². The minimum Gasteiger partial charge on any atom is -0.487 e. The number of nitrogens with one attached hydrogen (secondary N) is 1. The number of morpholine rings is 1. The monoisotopic (exact) mass is 752 g/mol. The lowest BCUT2D eigenvalue weighted by atomic mass is 9.89. The molecular formula is C36H49ClN10O6. The fourth-order valence-corrected chi connectivity index (χ4v) is 7.03. The zero-order valence-electron chi connectivity index (χ0n) is 30.8. The standard InChI is InChI=1S/C36H49ClN10O6/c1-5-50-34(48)22-49-13-6-14-51-35-32(21-47(42-35)30-10-8-29(9-11-30)45-18-24(2)52-25(3)19-45)41-36-38-16-28(17-39-36)27-7-12-31(37)33(15-27)53-26(4)20-46-23-40-43-44-46/h7,12,15-17,21,23-26,29-30H,5-6,8-11,13-14,18-20,22H2,1-4H3,(H,38,39,41)/t24-,25+,26-,29?,30?/m0/s1. The molecule has 3 atom stereocenters. The summed E-state index contributed by atoms with van der Waals surface area (Å²) < 4.78 is 32.2. The average molecular weight is 753 g/mol. The van der Waals surface area contributed by atoms with Crippen molar-refractivity contribution in [1.29, 1.82) is 0 Å². The van der Waals surface area contributed by atoms with E-state index >= 15 is 0 Å². The van der Waals surface area contributed by atoms with Crippen LogP contribution in [-0.2, 0) is 25.5 Å². The molecule has 3 aromatic heterocycles. The summed E-state index contributed by atoms with van der Waals surface area (Å²) in [5.41, 5.74) is 2.31. The third-order valence-corrected chi connectivity index (χ3v) is 9.54. The molecule has 6 rings (SSSR count). The Bertz CT molecular complexity index is 1720. The minimum absolute atomic E-state index is 0.0844. The van der Waals surface area contributed by atoms with Crippen LogP contribution in [0.15, 0.2) is 43.1 Å². The molecule has 17 heteroatoms. The molecule has 1 saturated heterocycles. The van der Waals surface area contributed by atoms with Gasteiger partial charge in [-0.3, -0.25) is 9.58 Å². The smallest absolute Gasteiger partial charge is 0.332 e. The first-order valence-corrected chi connectivity index (χ1v) is 18.7. The second-order valence-electron chi connectivity index (χ2n) is 13.6. The van der Waals surface area contributed by atoms with Crippen molar-refractivity contribution >= 4 is 29.2 Å². The van der Waals surface area contributed by atoms with Crippen molar-refractivity contribution in [2.45, 2.75) is 96.7 Å². The van der Waals surface area contributed by atoms with Gasteiger partial charge in [0.2, 0.25) is 5.95 Å². The Balaban J connectivity index is 1.10. The van der Waals surface area contributed by atoms with Crippen LogP contribution in [0.2, 0.25) is 5.02 Å². The van der Waals surface area contributed by atoms with Crippen LogP contribution in [0.25, 0.3) is 11.1 Å². The summed E-state index contributed by atoms with van der Waals surface area (Å²) in [7, 11) is 0. The fourth-order valence-electron chi connectivity index (χ4n) is 6.86. The van der Waals surface area contributed by atoms with Gasteiger partial charge in [-0.25, -0.2) is 19.4 Å². The summed E-state index contributed by atoms with van der Waals surface area (Å²) in [4.78, 5) is 23.4. The van der Waals surface area contributed by atoms with Gasteiger partial charge in [0.1, 0.15) is 30.5 Å². The number of halogens is 1. The summed E-state index contributed by atoms with van der Waals surface area (Å²) in [6.45, 7) is 11.4. The molecule has 4 heterocycles. The van der Waals surface area contributed by atoms with Gasteiger partial charge in [0.25, 0.3) is 5.88 Å². The Kier molecular flexibility index (Phi) is 13.4. The zero-order chi connectivity index (χ0) is 37.2. The maximum Gasteiger partial charge on any atom is 0.332 e. The van der Waals surface area contributed by atoms with Crippen LogP contribution in [0, 0.1) is 0 Å². The van der Waals surface area contributed by atoms with Crippen LogP contribution in [0.1, 0.15) is 65.8 Å². The highest BCUT2D eigenvalue weighted by Gasteiger charge is 2.32. The van der Waals surface area contributed by atoms with E-state index in [0.29, 0.717) is 67.1 Å². The SMILES string of the molecule is CCOC(=O)COCCCOc1nn(C2CCC(N3C[C@@H](C)O[C@@H](C)C3)CC2)cc1Nc1ncc(-c2ccc(Cl)c(O[C@@H](C)Cn3cnnn3)c2)cn1. The molecule has 2 fully saturated rings. The van der Waals surface area contributed by atoms with Gasteiger partial charge in [-0.05, 0) is 81.5 Å². The number of ether oxygens (including phenoxy) is 5. The number of aromatic nitrogens is 8. The molecular weight excluding hydrogens is 704 g/mol. The van der Waals surface area contributed by atoms with Gasteiger partial charge in [0, 0.05) is 43.5 Å². The Labute approximate surface area is 314 Å². The Hall–Kier alpha value is -4.38. The highest BCUT2D eigenvalue weighted by atomic mass is 35.5. The van der Waals surface area contributed by atoms with Crippen molar-refractivity contribution in [3.63, 3.8) is 0 Å². The number of rotatable bonds is 17. The van der Waals surface area contributed by atoms with Crippen molar-refractivity contribution in [1.82, 2.24) is 44.9 Å². The highest BCUT2D eigenvalue weighted by Crippen LogP contribution is 2.36. The van der Waals surface area contributed by atoms with Crippen LogP contribution in [-0.4, -0.2) is 115 Å².